The van der Waals surface area contributed by atoms with Crippen molar-refractivity contribution in [1.82, 2.24) is 4.90 Å². The number of hydrogen-bond acceptors (Lipinski definition) is 3. The Morgan fingerprint density at radius 2 is 2.18 bits per heavy atom. The molecule has 4 heteroatoms. The molecule has 0 spiro atoms. The lowest BCUT2D eigenvalue weighted by Crippen LogP contribution is -2.39. The summed E-state index contributed by atoms with van der Waals surface area (Å²) in [5.74, 6) is 2.06. The monoisotopic (exact) mass is 249 g/mol. The number of amides is 1. The molecule has 2 bridgehead atoms. The number of hydrogen-bond donors (Lipinski definition) is 0. The van der Waals surface area contributed by atoms with Gasteiger partial charge in [0.1, 0.15) is 5.75 Å². The van der Waals surface area contributed by atoms with E-state index in [1.165, 1.54) is 6.42 Å². The van der Waals surface area contributed by atoms with Crippen LogP contribution in [0.2, 0.25) is 0 Å². The second kappa shape index (κ2) is 4.26. The van der Waals surface area contributed by atoms with E-state index in [0.29, 0.717) is 11.3 Å². The fourth-order valence-corrected chi connectivity index (χ4v) is 3.98. The van der Waals surface area contributed by atoms with Crippen molar-refractivity contribution in [3.8, 4) is 5.75 Å². The molecule has 3 nitrogen and oxygen atoms in total. The van der Waals surface area contributed by atoms with E-state index in [9.17, 15) is 4.79 Å². The molecule has 0 aromatic heterocycles. The lowest BCUT2D eigenvalue weighted by Gasteiger charge is -2.26. The minimum atomic E-state index is 0.167. The molecule has 2 atom stereocenters. The van der Waals surface area contributed by atoms with E-state index in [1.54, 1.807) is 7.11 Å². The number of rotatable bonds is 2. The summed E-state index contributed by atoms with van der Waals surface area (Å²) in [7, 11) is 1.63. The third-order valence-corrected chi connectivity index (χ3v) is 4.89. The lowest BCUT2D eigenvalue weighted by molar-refractivity contribution is 0.0747. The van der Waals surface area contributed by atoms with Crippen molar-refractivity contribution in [1.29, 1.82) is 0 Å². The summed E-state index contributed by atoms with van der Waals surface area (Å²) in [6.07, 6.45) is 1.17. The summed E-state index contributed by atoms with van der Waals surface area (Å²) >= 11 is 2.00. The molecule has 2 fully saturated rings. The Labute approximate surface area is 105 Å². The number of methoxy groups -OCH3 is 1. The zero-order valence-corrected chi connectivity index (χ0v) is 10.6. The van der Waals surface area contributed by atoms with Gasteiger partial charge in [0, 0.05) is 29.2 Å². The zero-order chi connectivity index (χ0) is 11.8. The first-order valence-corrected chi connectivity index (χ1v) is 6.89. The molecule has 0 aliphatic carbocycles. The van der Waals surface area contributed by atoms with Gasteiger partial charge < -0.3 is 9.64 Å². The number of likely N-dealkylation sites (tertiary alicyclic amines) is 1. The Hall–Kier alpha value is -1.16. The summed E-state index contributed by atoms with van der Waals surface area (Å²) in [6, 6.07) is 7.84. The number of thioether (sulfide) groups is 1. The summed E-state index contributed by atoms with van der Waals surface area (Å²) in [4.78, 5) is 14.3. The van der Waals surface area contributed by atoms with Gasteiger partial charge in [-0.2, -0.15) is 11.8 Å². The minimum Gasteiger partial charge on any atom is -0.497 e. The summed E-state index contributed by atoms with van der Waals surface area (Å²) in [5.41, 5.74) is 0.767. The molecule has 2 saturated heterocycles. The van der Waals surface area contributed by atoms with E-state index in [-0.39, 0.29) is 5.91 Å². The van der Waals surface area contributed by atoms with Crippen LogP contribution in [-0.4, -0.2) is 41.5 Å². The maximum atomic E-state index is 12.3. The van der Waals surface area contributed by atoms with Crippen molar-refractivity contribution in [2.45, 2.75) is 17.7 Å². The van der Waals surface area contributed by atoms with Crippen LogP contribution in [0.5, 0.6) is 5.75 Å². The minimum absolute atomic E-state index is 0.167. The van der Waals surface area contributed by atoms with Gasteiger partial charge in [0.15, 0.2) is 0 Å². The van der Waals surface area contributed by atoms with Crippen molar-refractivity contribution >= 4 is 17.7 Å². The van der Waals surface area contributed by atoms with Gasteiger partial charge in [-0.1, -0.05) is 0 Å². The second-order valence-corrected chi connectivity index (χ2v) is 5.86. The molecule has 17 heavy (non-hydrogen) atoms. The predicted molar refractivity (Wildman–Crippen MR) is 68.7 cm³/mol. The first-order valence-electron chi connectivity index (χ1n) is 5.84. The molecule has 0 N–H and O–H groups in total. The van der Waals surface area contributed by atoms with Crippen molar-refractivity contribution in [2.24, 2.45) is 0 Å². The van der Waals surface area contributed by atoms with E-state index >= 15 is 0 Å². The molecule has 1 aromatic carbocycles. The van der Waals surface area contributed by atoms with Crippen LogP contribution < -0.4 is 4.74 Å². The van der Waals surface area contributed by atoms with Gasteiger partial charge in [-0.05, 0) is 30.7 Å². The third-order valence-electron chi connectivity index (χ3n) is 3.50. The Morgan fingerprint density at radius 1 is 1.41 bits per heavy atom. The van der Waals surface area contributed by atoms with Crippen LogP contribution in [0, 0.1) is 0 Å². The molecule has 0 radical (unpaired) electrons. The number of carbonyl (C=O) groups excluding carboxylic acids is 1. The van der Waals surface area contributed by atoms with E-state index < -0.39 is 0 Å². The summed E-state index contributed by atoms with van der Waals surface area (Å²) in [5, 5.41) is 0.669. The van der Waals surface area contributed by atoms with Crippen molar-refractivity contribution in [3.05, 3.63) is 29.8 Å². The number of nitrogens with zero attached hydrogens (tertiary/aromatic N) is 1. The van der Waals surface area contributed by atoms with Crippen LogP contribution in [0.3, 0.4) is 0 Å². The molecular weight excluding hydrogens is 234 g/mol. The molecule has 90 valence electrons. The highest BCUT2D eigenvalue weighted by molar-refractivity contribution is 8.00. The van der Waals surface area contributed by atoms with E-state index in [1.807, 2.05) is 40.9 Å². The highest BCUT2D eigenvalue weighted by Gasteiger charge is 2.41. The maximum Gasteiger partial charge on any atom is 0.254 e. The first-order chi connectivity index (χ1) is 8.28. The summed E-state index contributed by atoms with van der Waals surface area (Å²) < 4.78 is 5.10. The SMILES string of the molecule is COc1ccc(C(=O)N2CC3CC2CS3)cc1. The van der Waals surface area contributed by atoms with Crippen LogP contribution in [0.4, 0.5) is 0 Å². The first kappa shape index (κ1) is 11.0. The smallest absolute Gasteiger partial charge is 0.254 e. The molecule has 0 saturated carbocycles. The Bertz CT molecular complexity index is 432. The van der Waals surface area contributed by atoms with Gasteiger partial charge >= 0.3 is 0 Å². The Morgan fingerprint density at radius 3 is 2.71 bits per heavy atom. The van der Waals surface area contributed by atoms with Gasteiger partial charge in [0.25, 0.3) is 5.91 Å². The zero-order valence-electron chi connectivity index (χ0n) is 9.76. The number of benzene rings is 1. The number of fused-ring (bicyclic) bond motifs is 2. The van der Waals surface area contributed by atoms with E-state index in [2.05, 4.69) is 0 Å². The average molecular weight is 249 g/mol. The van der Waals surface area contributed by atoms with Gasteiger partial charge in [-0.15, -0.1) is 0 Å². The van der Waals surface area contributed by atoms with E-state index in [4.69, 9.17) is 4.74 Å². The van der Waals surface area contributed by atoms with Crippen molar-refractivity contribution in [2.75, 3.05) is 19.4 Å². The lowest BCUT2D eigenvalue weighted by atomic mass is 10.1. The topological polar surface area (TPSA) is 29.5 Å². The normalized spacial score (nSPS) is 26.3. The molecule has 2 heterocycles. The number of ether oxygens (including phenoxy) is 1. The molecule has 1 aromatic rings. The van der Waals surface area contributed by atoms with Gasteiger partial charge in [-0.25, -0.2) is 0 Å². The largest absolute Gasteiger partial charge is 0.497 e. The highest BCUT2D eigenvalue weighted by atomic mass is 32.2. The van der Waals surface area contributed by atoms with Crippen LogP contribution >= 0.6 is 11.8 Å². The quantitative estimate of drug-likeness (QED) is 0.803. The van der Waals surface area contributed by atoms with Gasteiger partial charge in [-0.3, -0.25) is 4.79 Å². The molecule has 2 aliphatic heterocycles. The fraction of sp³-hybridized carbons (Fsp3) is 0.462. The van der Waals surface area contributed by atoms with Gasteiger partial charge in [0.2, 0.25) is 0 Å². The Balaban J connectivity index is 1.77. The van der Waals surface area contributed by atoms with Crippen molar-refractivity contribution in [3.63, 3.8) is 0 Å². The van der Waals surface area contributed by atoms with Gasteiger partial charge in [0.05, 0.1) is 7.11 Å². The molecule has 1 amide bonds. The third kappa shape index (κ3) is 1.90. The average Bonchev–Trinajstić information content (AvgIpc) is 3.00. The van der Waals surface area contributed by atoms with Crippen LogP contribution in [0.1, 0.15) is 16.8 Å². The second-order valence-electron chi connectivity index (χ2n) is 4.53. The fourth-order valence-electron chi connectivity index (χ4n) is 2.55. The standard InChI is InChI=1S/C13H15NO2S/c1-16-11-4-2-9(3-5-11)13(15)14-7-12-6-10(14)8-17-12/h2-5,10,12H,6-8H2,1H3. The summed E-state index contributed by atoms with van der Waals surface area (Å²) in [6.45, 7) is 0.917. The van der Waals surface area contributed by atoms with Crippen molar-refractivity contribution < 1.29 is 9.53 Å². The number of carbonyl (C=O) groups is 1. The van der Waals surface area contributed by atoms with Crippen LogP contribution in [-0.2, 0) is 0 Å². The van der Waals surface area contributed by atoms with E-state index in [0.717, 1.165) is 23.6 Å². The molecule has 3 rings (SSSR count). The van der Waals surface area contributed by atoms with Crippen LogP contribution in [0.15, 0.2) is 24.3 Å². The molecule has 2 unspecified atom stereocenters. The highest BCUT2D eigenvalue weighted by Crippen LogP contribution is 2.38. The van der Waals surface area contributed by atoms with Crippen LogP contribution in [0.25, 0.3) is 0 Å². The molecular formula is C13H15NO2S. The molecule has 2 aliphatic rings. The Kier molecular flexibility index (Phi) is 2.74. The predicted octanol–water partition coefficient (Wildman–Crippen LogP) is 2.03. The maximum absolute atomic E-state index is 12.3.